The normalized spacial score (nSPS) is 16.6. The largest absolute Gasteiger partial charge is 0.255 e. The van der Waals surface area contributed by atoms with Crippen molar-refractivity contribution >= 4 is 28.5 Å². The van der Waals surface area contributed by atoms with E-state index in [4.69, 9.17) is 0 Å². The maximum atomic E-state index is 11.3. The highest BCUT2D eigenvalue weighted by molar-refractivity contribution is 7.84. The van der Waals surface area contributed by atoms with Gasteiger partial charge in [0.15, 0.2) is 0 Å². The zero-order valence-electron chi connectivity index (χ0n) is 10.7. The third kappa shape index (κ3) is 2.45. The van der Waals surface area contributed by atoms with Crippen LogP contribution in [0.25, 0.3) is 17.7 Å². The molecule has 2 aromatic carbocycles. The van der Waals surface area contributed by atoms with Crippen molar-refractivity contribution < 1.29 is 4.21 Å². The molecular formula is C17H14OS. The van der Waals surface area contributed by atoms with Crippen LogP contribution in [0.15, 0.2) is 59.5 Å². The Morgan fingerprint density at radius 3 is 2.42 bits per heavy atom. The van der Waals surface area contributed by atoms with Gasteiger partial charge in [-0.1, -0.05) is 48.6 Å². The van der Waals surface area contributed by atoms with E-state index in [-0.39, 0.29) is 0 Å². The molecule has 1 nitrogen and oxygen atoms in total. The van der Waals surface area contributed by atoms with Crippen LogP contribution in [0.5, 0.6) is 0 Å². The van der Waals surface area contributed by atoms with E-state index >= 15 is 0 Å². The molecule has 1 atom stereocenters. The highest BCUT2D eigenvalue weighted by Gasteiger charge is 2.08. The van der Waals surface area contributed by atoms with Gasteiger partial charge in [0.1, 0.15) is 0 Å². The first-order valence-electron chi connectivity index (χ1n) is 6.17. The summed E-state index contributed by atoms with van der Waals surface area (Å²) >= 11 is 0. The molecule has 0 bridgehead atoms. The highest BCUT2D eigenvalue weighted by Crippen LogP contribution is 2.30. The van der Waals surface area contributed by atoms with Gasteiger partial charge in [0, 0.05) is 22.0 Å². The lowest BCUT2D eigenvalue weighted by molar-refractivity contribution is 0.687. The molecule has 0 heterocycles. The fraction of sp³-hybridized carbons (Fsp3) is 0.0588. The van der Waals surface area contributed by atoms with Gasteiger partial charge in [-0.2, -0.15) is 0 Å². The van der Waals surface area contributed by atoms with Crippen LogP contribution >= 0.6 is 0 Å². The van der Waals surface area contributed by atoms with Crippen LogP contribution < -0.4 is 0 Å². The van der Waals surface area contributed by atoms with E-state index in [0.29, 0.717) is 0 Å². The molecule has 0 N–H and O–H groups in total. The summed E-state index contributed by atoms with van der Waals surface area (Å²) in [4.78, 5) is 0.865. The Balaban J connectivity index is 1.95. The number of hydrogen-bond acceptors (Lipinski definition) is 1. The van der Waals surface area contributed by atoms with Crippen molar-refractivity contribution in [2.24, 2.45) is 0 Å². The van der Waals surface area contributed by atoms with Crippen molar-refractivity contribution in [3.8, 4) is 0 Å². The first kappa shape index (κ1) is 12.1. The summed E-state index contributed by atoms with van der Waals surface area (Å²) in [5.41, 5.74) is 4.89. The fourth-order valence-corrected chi connectivity index (χ4v) is 2.76. The van der Waals surface area contributed by atoms with Gasteiger partial charge in [0.2, 0.25) is 0 Å². The smallest absolute Gasteiger partial charge is 0.0498 e. The maximum Gasteiger partial charge on any atom is 0.0498 e. The van der Waals surface area contributed by atoms with Crippen LogP contribution in [0.3, 0.4) is 0 Å². The summed E-state index contributed by atoms with van der Waals surface area (Å²) in [6, 6.07) is 16.2. The highest BCUT2D eigenvalue weighted by atomic mass is 32.2. The van der Waals surface area contributed by atoms with Crippen LogP contribution in [0.2, 0.25) is 0 Å². The molecule has 0 unspecified atom stereocenters. The van der Waals surface area contributed by atoms with Crippen LogP contribution in [0.1, 0.15) is 16.7 Å². The standard InChI is InChI=1S/C17H14OS/c1-19(18)16-10-6-13(7-11-16)12-15-9-8-14-4-2-3-5-17(14)15/h2-12H,1H3/b15-12+/t19-/m1/s1. The second-order valence-electron chi connectivity index (χ2n) is 4.54. The lowest BCUT2D eigenvalue weighted by Gasteiger charge is -2.02. The van der Waals surface area contributed by atoms with E-state index in [1.54, 1.807) is 6.26 Å². The van der Waals surface area contributed by atoms with Crippen molar-refractivity contribution in [3.05, 3.63) is 71.3 Å². The van der Waals surface area contributed by atoms with Gasteiger partial charge in [0.25, 0.3) is 0 Å². The topological polar surface area (TPSA) is 17.1 Å². The quantitative estimate of drug-likeness (QED) is 0.803. The molecule has 19 heavy (non-hydrogen) atoms. The number of rotatable bonds is 2. The Morgan fingerprint density at radius 2 is 1.68 bits per heavy atom. The molecule has 0 aliphatic heterocycles. The molecule has 0 aromatic heterocycles. The minimum atomic E-state index is -0.912. The summed E-state index contributed by atoms with van der Waals surface area (Å²) in [6.07, 6.45) is 8.13. The molecule has 2 aromatic rings. The molecule has 1 aliphatic rings. The zero-order valence-corrected chi connectivity index (χ0v) is 11.5. The number of benzene rings is 2. The fourth-order valence-electron chi connectivity index (χ4n) is 2.24. The number of allylic oxidation sites excluding steroid dienone is 2. The van der Waals surface area contributed by atoms with Crippen molar-refractivity contribution in [2.45, 2.75) is 4.90 Å². The monoisotopic (exact) mass is 266 g/mol. The van der Waals surface area contributed by atoms with E-state index in [1.165, 1.54) is 16.7 Å². The molecule has 0 saturated heterocycles. The Morgan fingerprint density at radius 1 is 0.947 bits per heavy atom. The predicted molar refractivity (Wildman–Crippen MR) is 82.1 cm³/mol. The van der Waals surface area contributed by atoms with Gasteiger partial charge in [-0.15, -0.1) is 0 Å². The van der Waals surface area contributed by atoms with E-state index < -0.39 is 10.8 Å². The Hall–Kier alpha value is -1.93. The van der Waals surface area contributed by atoms with Crippen LogP contribution in [0.4, 0.5) is 0 Å². The number of hydrogen-bond donors (Lipinski definition) is 0. The minimum absolute atomic E-state index is 0.865. The van der Waals surface area contributed by atoms with Gasteiger partial charge in [0.05, 0.1) is 0 Å². The number of fused-ring (bicyclic) bond motifs is 1. The van der Waals surface area contributed by atoms with E-state index in [1.807, 2.05) is 24.3 Å². The second kappa shape index (κ2) is 4.98. The Labute approximate surface area is 115 Å². The molecule has 0 fully saturated rings. The lowest BCUT2D eigenvalue weighted by atomic mass is 10.0. The first-order valence-corrected chi connectivity index (χ1v) is 7.72. The van der Waals surface area contributed by atoms with Crippen molar-refractivity contribution in [2.75, 3.05) is 6.26 Å². The molecule has 0 amide bonds. The van der Waals surface area contributed by atoms with Gasteiger partial charge in [-0.3, -0.25) is 4.21 Å². The van der Waals surface area contributed by atoms with Crippen molar-refractivity contribution in [1.29, 1.82) is 0 Å². The van der Waals surface area contributed by atoms with E-state index in [9.17, 15) is 4.21 Å². The zero-order chi connectivity index (χ0) is 13.2. The summed E-state index contributed by atoms with van der Waals surface area (Å²) in [7, 11) is -0.912. The van der Waals surface area contributed by atoms with E-state index in [0.717, 1.165) is 10.5 Å². The van der Waals surface area contributed by atoms with Crippen molar-refractivity contribution in [3.63, 3.8) is 0 Å². The minimum Gasteiger partial charge on any atom is -0.255 e. The summed E-state index contributed by atoms with van der Waals surface area (Å²) < 4.78 is 11.3. The third-order valence-electron chi connectivity index (χ3n) is 3.25. The summed E-state index contributed by atoms with van der Waals surface area (Å²) in [5, 5.41) is 0. The predicted octanol–water partition coefficient (Wildman–Crippen LogP) is 3.99. The van der Waals surface area contributed by atoms with Gasteiger partial charge >= 0.3 is 0 Å². The van der Waals surface area contributed by atoms with Crippen LogP contribution in [0, 0.1) is 0 Å². The van der Waals surface area contributed by atoms with E-state index in [2.05, 4.69) is 42.5 Å². The average molecular weight is 266 g/mol. The average Bonchev–Trinajstić information content (AvgIpc) is 2.83. The Bertz CT molecular complexity index is 693. The molecule has 94 valence electrons. The summed E-state index contributed by atoms with van der Waals surface area (Å²) in [5.74, 6) is 0. The summed E-state index contributed by atoms with van der Waals surface area (Å²) in [6.45, 7) is 0. The first-order chi connectivity index (χ1) is 9.24. The van der Waals surface area contributed by atoms with Crippen LogP contribution in [-0.4, -0.2) is 10.5 Å². The van der Waals surface area contributed by atoms with Crippen LogP contribution in [-0.2, 0) is 10.8 Å². The third-order valence-corrected chi connectivity index (χ3v) is 4.18. The van der Waals surface area contributed by atoms with Gasteiger partial charge in [-0.25, -0.2) is 0 Å². The second-order valence-corrected chi connectivity index (χ2v) is 5.92. The molecule has 3 rings (SSSR count). The van der Waals surface area contributed by atoms with Gasteiger partial charge < -0.3 is 0 Å². The molecule has 2 heteroatoms. The maximum absolute atomic E-state index is 11.3. The lowest BCUT2D eigenvalue weighted by Crippen LogP contribution is -1.86. The molecule has 0 radical (unpaired) electrons. The molecular weight excluding hydrogens is 252 g/mol. The molecule has 1 aliphatic carbocycles. The SMILES string of the molecule is C[S@@](=O)c1ccc(/C=C2\C=Cc3ccccc32)cc1. The molecule has 0 saturated carbocycles. The molecule has 0 spiro atoms. The van der Waals surface area contributed by atoms with Crippen molar-refractivity contribution in [1.82, 2.24) is 0 Å². The Kier molecular flexibility index (Phi) is 3.18. The van der Waals surface area contributed by atoms with Gasteiger partial charge in [-0.05, 0) is 40.5 Å².